The number of nitrogens with zero attached hydrogens (tertiary/aromatic N) is 4. The van der Waals surface area contributed by atoms with E-state index in [-0.39, 0.29) is 24.3 Å². The molecule has 0 radical (unpaired) electrons. The number of imidazole rings is 1. The van der Waals surface area contributed by atoms with E-state index in [2.05, 4.69) is 36.6 Å². The molecule has 0 spiro atoms. The molecule has 10 heteroatoms. The van der Waals surface area contributed by atoms with Crippen LogP contribution < -0.4 is 16.3 Å². The van der Waals surface area contributed by atoms with Gasteiger partial charge in [-0.15, -0.1) is 0 Å². The van der Waals surface area contributed by atoms with E-state index < -0.39 is 0 Å². The second-order valence-electron chi connectivity index (χ2n) is 8.26. The number of carbonyl (C=O) groups is 1. The lowest BCUT2D eigenvalue weighted by molar-refractivity contribution is -0.122. The smallest absolute Gasteiger partial charge is 0.323 e. The molecule has 168 valence electrons. The molecule has 3 aliphatic heterocycles. The number of benzene rings is 2. The topological polar surface area (TPSA) is 132 Å². The molecular formula is C24H20N8O2. The molecule has 1 saturated heterocycles. The highest BCUT2D eigenvalue weighted by molar-refractivity contribution is 6.02. The van der Waals surface area contributed by atoms with Gasteiger partial charge in [0.1, 0.15) is 5.84 Å². The first-order chi connectivity index (χ1) is 16.6. The minimum atomic E-state index is -0.308. The van der Waals surface area contributed by atoms with Crippen molar-refractivity contribution in [2.45, 2.75) is 6.17 Å². The van der Waals surface area contributed by atoms with Gasteiger partial charge in [0.05, 0.1) is 40.6 Å². The summed E-state index contributed by atoms with van der Waals surface area (Å²) in [6.45, 7) is 1.48. The number of amides is 1. The van der Waals surface area contributed by atoms with E-state index in [0.717, 1.165) is 33.9 Å². The van der Waals surface area contributed by atoms with Crippen molar-refractivity contribution in [3.8, 4) is 6.07 Å². The van der Waals surface area contributed by atoms with Crippen molar-refractivity contribution < 1.29 is 4.79 Å². The van der Waals surface area contributed by atoms with Crippen LogP contribution in [0.4, 0.5) is 0 Å². The highest BCUT2D eigenvalue weighted by Crippen LogP contribution is 2.37. The van der Waals surface area contributed by atoms with Crippen molar-refractivity contribution >= 4 is 34.2 Å². The number of aromatic amines is 2. The van der Waals surface area contributed by atoms with Crippen molar-refractivity contribution in [3.05, 3.63) is 82.0 Å². The number of piperazine rings is 1. The quantitative estimate of drug-likeness (QED) is 0.460. The number of carbonyl (C=O) groups excluding carboxylic acids is 1. The highest BCUT2D eigenvalue weighted by atomic mass is 16.2. The summed E-state index contributed by atoms with van der Waals surface area (Å²) in [4.78, 5) is 38.1. The maximum Gasteiger partial charge on any atom is 0.323 e. The molecule has 1 aromatic heterocycles. The zero-order chi connectivity index (χ0) is 23.2. The van der Waals surface area contributed by atoms with Crippen molar-refractivity contribution in [2.75, 3.05) is 19.6 Å². The number of aromatic nitrogens is 2. The van der Waals surface area contributed by atoms with Crippen LogP contribution >= 0.6 is 0 Å². The van der Waals surface area contributed by atoms with Crippen molar-refractivity contribution in [3.63, 3.8) is 0 Å². The number of H-pyrrole nitrogens is 2. The van der Waals surface area contributed by atoms with Crippen LogP contribution in [-0.4, -0.2) is 57.3 Å². The van der Waals surface area contributed by atoms with Crippen LogP contribution in [0.3, 0.4) is 0 Å². The Morgan fingerprint density at radius 1 is 1.03 bits per heavy atom. The molecule has 1 atom stereocenters. The summed E-state index contributed by atoms with van der Waals surface area (Å²) in [7, 11) is 0. The van der Waals surface area contributed by atoms with E-state index in [9.17, 15) is 14.9 Å². The monoisotopic (exact) mass is 452 g/mol. The van der Waals surface area contributed by atoms with Crippen LogP contribution in [0.1, 0.15) is 16.7 Å². The number of rotatable bonds is 2. The van der Waals surface area contributed by atoms with E-state index in [0.29, 0.717) is 24.2 Å². The van der Waals surface area contributed by atoms with Crippen LogP contribution in [0.2, 0.25) is 0 Å². The van der Waals surface area contributed by atoms with Gasteiger partial charge in [-0.1, -0.05) is 18.2 Å². The standard InChI is InChI=1S/C24H20N8O2/c25-12-14-1-3-15(4-2-14)20-21(16-5-6-17-18(11-16)29-24(34)28-17)32-10-8-27-22(23(32)30-20)31-9-7-26-19(33)13-31/h1-6,8,10-11,23,30H,7,9,13H2,(H,26,33)(H2,28,29,34). The average molecular weight is 452 g/mol. The Kier molecular flexibility index (Phi) is 4.48. The predicted octanol–water partition coefficient (Wildman–Crippen LogP) is 1.10. The molecule has 4 heterocycles. The molecule has 0 aliphatic carbocycles. The second kappa shape index (κ2) is 7.67. The number of fused-ring (bicyclic) bond motifs is 2. The first-order valence-corrected chi connectivity index (χ1v) is 10.9. The maximum atomic E-state index is 12.0. The fourth-order valence-electron chi connectivity index (χ4n) is 4.63. The van der Waals surface area contributed by atoms with E-state index in [1.807, 2.05) is 41.4 Å². The average Bonchev–Trinajstić information content (AvgIpc) is 3.43. The minimum absolute atomic E-state index is 0.0320. The third kappa shape index (κ3) is 3.22. The Morgan fingerprint density at radius 2 is 1.82 bits per heavy atom. The van der Waals surface area contributed by atoms with Gasteiger partial charge in [0, 0.05) is 31.1 Å². The number of hydrogen-bond acceptors (Lipinski definition) is 7. The zero-order valence-corrected chi connectivity index (χ0v) is 18.0. The number of aliphatic imine (C=N–C) groups is 1. The van der Waals surface area contributed by atoms with E-state index in [4.69, 9.17) is 0 Å². The van der Waals surface area contributed by atoms with E-state index >= 15 is 0 Å². The Morgan fingerprint density at radius 3 is 2.62 bits per heavy atom. The van der Waals surface area contributed by atoms with Gasteiger partial charge in [0.2, 0.25) is 5.91 Å². The normalized spacial score (nSPS) is 19.6. The summed E-state index contributed by atoms with van der Waals surface area (Å²) < 4.78 is 0. The molecule has 1 fully saturated rings. The Hall–Kier alpha value is -4.78. The van der Waals surface area contributed by atoms with Gasteiger partial charge < -0.3 is 30.4 Å². The molecule has 0 bridgehead atoms. The molecule has 1 amide bonds. The number of nitriles is 1. The molecule has 34 heavy (non-hydrogen) atoms. The molecule has 1 unspecified atom stereocenters. The van der Waals surface area contributed by atoms with Gasteiger partial charge >= 0.3 is 5.69 Å². The summed E-state index contributed by atoms with van der Waals surface area (Å²) in [6.07, 6.45) is 3.33. The molecule has 0 saturated carbocycles. The molecule has 4 N–H and O–H groups in total. The Balaban J connectivity index is 1.47. The molecule has 3 aliphatic rings. The third-order valence-corrected chi connectivity index (χ3v) is 6.19. The largest absolute Gasteiger partial charge is 0.356 e. The van der Waals surface area contributed by atoms with E-state index in [1.165, 1.54) is 0 Å². The van der Waals surface area contributed by atoms with Gasteiger partial charge in [-0.3, -0.25) is 4.79 Å². The molecule has 3 aromatic rings. The minimum Gasteiger partial charge on any atom is -0.356 e. The lowest BCUT2D eigenvalue weighted by Gasteiger charge is -2.37. The summed E-state index contributed by atoms with van der Waals surface area (Å²) in [5.41, 5.74) is 5.35. The highest BCUT2D eigenvalue weighted by Gasteiger charge is 2.39. The second-order valence-corrected chi connectivity index (χ2v) is 8.26. The van der Waals surface area contributed by atoms with Crippen LogP contribution in [0.15, 0.2) is 64.7 Å². The summed E-state index contributed by atoms with van der Waals surface area (Å²) in [6, 6.07) is 15.3. The third-order valence-electron chi connectivity index (χ3n) is 6.19. The summed E-state index contributed by atoms with van der Waals surface area (Å²) >= 11 is 0. The van der Waals surface area contributed by atoms with Crippen molar-refractivity contribution in [1.29, 1.82) is 5.26 Å². The van der Waals surface area contributed by atoms with Crippen LogP contribution in [0.25, 0.3) is 22.4 Å². The van der Waals surface area contributed by atoms with E-state index in [1.54, 1.807) is 18.3 Å². The SMILES string of the molecule is N#Cc1ccc(C2=C(c3ccc4[nH]c(=O)[nH]c4c3)N3C=CN=C(N4CCNC(=O)C4)C3N2)cc1. The van der Waals surface area contributed by atoms with Gasteiger partial charge in [0.25, 0.3) is 0 Å². The lowest BCUT2D eigenvalue weighted by atomic mass is 10.0. The molecular weight excluding hydrogens is 432 g/mol. The van der Waals surface area contributed by atoms with Crippen LogP contribution in [-0.2, 0) is 4.79 Å². The van der Waals surface area contributed by atoms with Gasteiger partial charge in [-0.25, -0.2) is 9.79 Å². The van der Waals surface area contributed by atoms with Gasteiger partial charge in [-0.05, 0) is 29.8 Å². The molecule has 2 aromatic carbocycles. The number of amidine groups is 1. The lowest BCUT2D eigenvalue weighted by Crippen LogP contribution is -2.57. The molecule has 6 rings (SSSR count). The Bertz CT molecular complexity index is 1500. The predicted molar refractivity (Wildman–Crippen MR) is 127 cm³/mol. The number of nitrogens with one attached hydrogen (secondary N) is 4. The molecule has 10 nitrogen and oxygen atoms in total. The first kappa shape index (κ1) is 19.9. The fraction of sp³-hybridized carbons (Fsp3) is 0.167. The van der Waals surface area contributed by atoms with Crippen LogP contribution in [0.5, 0.6) is 0 Å². The van der Waals surface area contributed by atoms with Gasteiger partial charge in [0.15, 0.2) is 6.17 Å². The number of hydrogen-bond donors (Lipinski definition) is 4. The summed E-state index contributed by atoms with van der Waals surface area (Å²) in [5.74, 6) is 0.727. The maximum absolute atomic E-state index is 12.0. The van der Waals surface area contributed by atoms with Gasteiger partial charge in [-0.2, -0.15) is 5.26 Å². The van der Waals surface area contributed by atoms with Crippen molar-refractivity contribution in [2.24, 2.45) is 4.99 Å². The first-order valence-electron chi connectivity index (χ1n) is 10.9. The fourth-order valence-corrected chi connectivity index (χ4v) is 4.63. The van der Waals surface area contributed by atoms with Crippen molar-refractivity contribution in [1.82, 2.24) is 30.4 Å². The Labute approximate surface area is 193 Å². The zero-order valence-electron chi connectivity index (χ0n) is 18.0. The summed E-state index contributed by atoms with van der Waals surface area (Å²) in [5, 5.41) is 15.7. The van der Waals surface area contributed by atoms with Crippen LogP contribution in [0, 0.1) is 11.3 Å².